The van der Waals surface area contributed by atoms with Crippen LogP contribution < -0.4 is 15.2 Å². The molecule has 0 amide bonds. The SMILES string of the molecule is COc1ccc(CC(CN)c2ccccc2F)cc1OC(C)C. The highest BCUT2D eigenvalue weighted by atomic mass is 19.1. The fourth-order valence-electron chi connectivity index (χ4n) is 2.61. The second-order valence-electron chi connectivity index (χ2n) is 5.81. The molecule has 0 aliphatic rings. The molecule has 2 rings (SSSR count). The Kier molecular flexibility index (Phi) is 5.99. The van der Waals surface area contributed by atoms with Gasteiger partial charge in [-0.1, -0.05) is 24.3 Å². The number of hydrogen-bond acceptors (Lipinski definition) is 3. The number of hydrogen-bond donors (Lipinski definition) is 1. The van der Waals surface area contributed by atoms with Crippen LogP contribution >= 0.6 is 0 Å². The van der Waals surface area contributed by atoms with Crippen molar-refractivity contribution < 1.29 is 13.9 Å². The summed E-state index contributed by atoms with van der Waals surface area (Å²) >= 11 is 0. The molecule has 23 heavy (non-hydrogen) atoms. The van der Waals surface area contributed by atoms with Gasteiger partial charge in [0, 0.05) is 5.92 Å². The lowest BCUT2D eigenvalue weighted by atomic mass is 9.91. The van der Waals surface area contributed by atoms with Crippen LogP contribution in [0.15, 0.2) is 42.5 Å². The quantitative estimate of drug-likeness (QED) is 0.842. The topological polar surface area (TPSA) is 44.5 Å². The zero-order valence-electron chi connectivity index (χ0n) is 13.9. The minimum absolute atomic E-state index is 0.0519. The Balaban J connectivity index is 2.26. The predicted octanol–water partition coefficient (Wildman–Crippen LogP) is 3.91. The van der Waals surface area contributed by atoms with Gasteiger partial charge in [0.15, 0.2) is 11.5 Å². The monoisotopic (exact) mass is 317 g/mol. The summed E-state index contributed by atoms with van der Waals surface area (Å²) in [5.74, 6) is 1.11. The lowest BCUT2D eigenvalue weighted by molar-refractivity contribution is 0.230. The molecule has 3 nitrogen and oxygen atoms in total. The van der Waals surface area contributed by atoms with Crippen LogP contribution in [0.2, 0.25) is 0 Å². The molecule has 0 heterocycles. The number of rotatable bonds is 7. The van der Waals surface area contributed by atoms with Gasteiger partial charge in [-0.05, 0) is 56.1 Å². The lowest BCUT2D eigenvalue weighted by Gasteiger charge is -2.18. The van der Waals surface area contributed by atoms with E-state index in [1.807, 2.05) is 38.1 Å². The van der Waals surface area contributed by atoms with E-state index in [-0.39, 0.29) is 17.8 Å². The van der Waals surface area contributed by atoms with Crippen molar-refractivity contribution in [1.29, 1.82) is 0 Å². The average molecular weight is 317 g/mol. The predicted molar refractivity (Wildman–Crippen MR) is 90.7 cm³/mol. The minimum atomic E-state index is -0.213. The number of benzene rings is 2. The van der Waals surface area contributed by atoms with Crippen molar-refractivity contribution in [3.63, 3.8) is 0 Å². The first-order chi connectivity index (χ1) is 11.0. The third kappa shape index (κ3) is 4.45. The van der Waals surface area contributed by atoms with Gasteiger partial charge >= 0.3 is 0 Å². The summed E-state index contributed by atoms with van der Waals surface area (Å²) in [6, 6.07) is 12.6. The van der Waals surface area contributed by atoms with E-state index in [0.29, 0.717) is 30.0 Å². The molecular weight excluding hydrogens is 293 g/mol. The molecule has 0 aliphatic carbocycles. The first kappa shape index (κ1) is 17.3. The molecule has 0 saturated heterocycles. The molecule has 1 atom stereocenters. The average Bonchev–Trinajstić information content (AvgIpc) is 2.53. The van der Waals surface area contributed by atoms with E-state index in [4.69, 9.17) is 15.2 Å². The third-order valence-corrected chi connectivity index (χ3v) is 3.70. The minimum Gasteiger partial charge on any atom is -0.493 e. The summed E-state index contributed by atoms with van der Waals surface area (Å²) in [6.07, 6.45) is 0.701. The summed E-state index contributed by atoms with van der Waals surface area (Å²) in [7, 11) is 1.62. The van der Waals surface area contributed by atoms with Crippen LogP contribution in [-0.2, 0) is 6.42 Å². The van der Waals surface area contributed by atoms with E-state index >= 15 is 0 Å². The van der Waals surface area contributed by atoms with Crippen LogP contribution in [-0.4, -0.2) is 19.8 Å². The summed E-state index contributed by atoms with van der Waals surface area (Å²) in [4.78, 5) is 0. The van der Waals surface area contributed by atoms with Crippen LogP contribution in [0.1, 0.15) is 30.9 Å². The first-order valence-corrected chi connectivity index (χ1v) is 7.83. The summed E-state index contributed by atoms with van der Waals surface area (Å²) in [6.45, 7) is 4.32. The molecule has 0 saturated carbocycles. The van der Waals surface area contributed by atoms with Crippen LogP contribution in [0.4, 0.5) is 4.39 Å². The Morgan fingerprint density at radius 1 is 1.09 bits per heavy atom. The third-order valence-electron chi connectivity index (χ3n) is 3.70. The van der Waals surface area contributed by atoms with Crippen LogP contribution in [0.5, 0.6) is 11.5 Å². The molecule has 1 unspecified atom stereocenters. The largest absolute Gasteiger partial charge is 0.493 e. The lowest BCUT2D eigenvalue weighted by Crippen LogP contribution is -2.16. The van der Waals surface area contributed by atoms with Gasteiger partial charge in [-0.2, -0.15) is 0 Å². The molecular formula is C19H24FNO2. The van der Waals surface area contributed by atoms with Crippen LogP contribution in [0, 0.1) is 5.82 Å². The van der Waals surface area contributed by atoms with Crippen molar-refractivity contribution in [2.75, 3.05) is 13.7 Å². The van der Waals surface area contributed by atoms with E-state index in [0.717, 1.165) is 5.56 Å². The second kappa shape index (κ2) is 7.97. The zero-order chi connectivity index (χ0) is 16.8. The van der Waals surface area contributed by atoms with Gasteiger partial charge < -0.3 is 15.2 Å². The molecule has 0 fully saturated rings. The maximum atomic E-state index is 14.0. The fraction of sp³-hybridized carbons (Fsp3) is 0.368. The van der Waals surface area contributed by atoms with Gasteiger partial charge in [0.1, 0.15) is 5.82 Å². The van der Waals surface area contributed by atoms with E-state index in [2.05, 4.69) is 0 Å². The Morgan fingerprint density at radius 2 is 1.83 bits per heavy atom. The Bertz CT molecular complexity index is 643. The standard InChI is InChI=1S/C19H24FNO2/c1-13(2)23-19-11-14(8-9-18(19)22-3)10-15(12-21)16-6-4-5-7-17(16)20/h4-9,11,13,15H,10,12,21H2,1-3H3. The van der Waals surface area contributed by atoms with E-state index < -0.39 is 0 Å². The Hall–Kier alpha value is -2.07. The number of nitrogens with two attached hydrogens (primary N) is 1. The zero-order valence-corrected chi connectivity index (χ0v) is 13.9. The number of methoxy groups -OCH3 is 1. The molecule has 2 aromatic carbocycles. The molecule has 0 aliphatic heterocycles. The van der Waals surface area contributed by atoms with Gasteiger partial charge in [0.05, 0.1) is 13.2 Å². The van der Waals surface area contributed by atoms with E-state index in [1.165, 1.54) is 6.07 Å². The van der Waals surface area contributed by atoms with Crippen LogP contribution in [0.3, 0.4) is 0 Å². The van der Waals surface area contributed by atoms with Gasteiger partial charge in [-0.15, -0.1) is 0 Å². The van der Waals surface area contributed by atoms with Gasteiger partial charge in [-0.25, -0.2) is 4.39 Å². The molecule has 0 aromatic heterocycles. The fourth-order valence-corrected chi connectivity index (χ4v) is 2.61. The summed E-state index contributed by atoms with van der Waals surface area (Å²) in [5, 5.41) is 0. The highest BCUT2D eigenvalue weighted by molar-refractivity contribution is 5.43. The Morgan fingerprint density at radius 3 is 2.43 bits per heavy atom. The normalized spacial score (nSPS) is 12.3. The van der Waals surface area contributed by atoms with Crippen molar-refractivity contribution in [3.05, 3.63) is 59.4 Å². The summed E-state index contributed by atoms with van der Waals surface area (Å²) in [5.41, 5.74) is 7.57. The van der Waals surface area contributed by atoms with Crippen molar-refractivity contribution in [3.8, 4) is 11.5 Å². The molecule has 4 heteroatoms. The maximum absolute atomic E-state index is 14.0. The highest BCUT2D eigenvalue weighted by Crippen LogP contribution is 2.31. The molecule has 2 N–H and O–H groups in total. The first-order valence-electron chi connectivity index (χ1n) is 7.83. The highest BCUT2D eigenvalue weighted by Gasteiger charge is 2.16. The van der Waals surface area contributed by atoms with E-state index in [9.17, 15) is 4.39 Å². The van der Waals surface area contributed by atoms with Crippen molar-refractivity contribution >= 4 is 0 Å². The van der Waals surface area contributed by atoms with Crippen molar-refractivity contribution in [1.82, 2.24) is 0 Å². The van der Waals surface area contributed by atoms with Crippen LogP contribution in [0.25, 0.3) is 0 Å². The smallest absolute Gasteiger partial charge is 0.161 e. The molecule has 0 bridgehead atoms. The Labute approximate surface area is 137 Å². The molecule has 124 valence electrons. The van der Waals surface area contributed by atoms with Gasteiger partial charge in [0.25, 0.3) is 0 Å². The van der Waals surface area contributed by atoms with E-state index in [1.54, 1.807) is 19.2 Å². The number of ether oxygens (including phenoxy) is 2. The maximum Gasteiger partial charge on any atom is 0.161 e. The van der Waals surface area contributed by atoms with Gasteiger partial charge in [-0.3, -0.25) is 0 Å². The number of halogens is 1. The van der Waals surface area contributed by atoms with Gasteiger partial charge in [0.2, 0.25) is 0 Å². The second-order valence-corrected chi connectivity index (χ2v) is 5.81. The molecule has 0 radical (unpaired) electrons. The van der Waals surface area contributed by atoms with Crippen molar-refractivity contribution in [2.45, 2.75) is 32.3 Å². The van der Waals surface area contributed by atoms with Crippen molar-refractivity contribution in [2.24, 2.45) is 5.73 Å². The molecule has 0 spiro atoms. The summed E-state index contributed by atoms with van der Waals surface area (Å²) < 4.78 is 25.1. The molecule has 2 aromatic rings.